The van der Waals surface area contributed by atoms with E-state index in [1.165, 1.54) is 12.1 Å². The number of aromatic nitrogens is 1. The molecule has 0 saturated carbocycles. The number of amides is 1. The Kier molecular flexibility index (Phi) is 8.10. The van der Waals surface area contributed by atoms with E-state index in [4.69, 9.17) is 15.2 Å². The number of rotatable bonds is 6. The molecule has 2 aromatic rings. The van der Waals surface area contributed by atoms with Crippen molar-refractivity contribution in [2.75, 3.05) is 19.7 Å². The van der Waals surface area contributed by atoms with Gasteiger partial charge in [0, 0.05) is 44.4 Å². The van der Waals surface area contributed by atoms with Gasteiger partial charge in [0.05, 0.1) is 11.7 Å². The summed E-state index contributed by atoms with van der Waals surface area (Å²) in [6, 6.07) is 8.74. The van der Waals surface area contributed by atoms with Crippen LogP contribution in [0.15, 0.2) is 48.8 Å². The first-order valence-electron chi connectivity index (χ1n) is 11.1. The molecule has 2 unspecified atom stereocenters. The van der Waals surface area contributed by atoms with E-state index in [1.54, 1.807) is 12.4 Å². The molecule has 4 atom stereocenters. The van der Waals surface area contributed by atoms with E-state index in [1.807, 2.05) is 17.0 Å². The number of alkyl halides is 3. The molecule has 10 heteroatoms. The van der Waals surface area contributed by atoms with Crippen molar-refractivity contribution in [3.8, 4) is 5.75 Å². The zero-order valence-electron chi connectivity index (χ0n) is 18.8. The van der Waals surface area contributed by atoms with Crippen LogP contribution in [0, 0.1) is 0 Å². The van der Waals surface area contributed by atoms with E-state index >= 15 is 0 Å². The molecule has 2 N–H and O–H groups in total. The third kappa shape index (κ3) is 5.47. The second kappa shape index (κ2) is 10.5. The highest BCUT2D eigenvalue weighted by molar-refractivity contribution is 5.85. The van der Waals surface area contributed by atoms with Crippen molar-refractivity contribution in [3.05, 3.63) is 59.9 Å². The number of ether oxygens (including phenoxy) is 2. The molecule has 0 spiro atoms. The number of hydrogen-bond donors (Lipinski definition) is 1. The van der Waals surface area contributed by atoms with Crippen LogP contribution in [0.25, 0.3) is 0 Å². The Bertz CT molecular complexity index is 979. The molecule has 2 fully saturated rings. The molecular formula is C24H29ClF3N3O3. The maximum Gasteiger partial charge on any atom is 0.416 e. The van der Waals surface area contributed by atoms with Crippen LogP contribution in [-0.4, -0.2) is 53.2 Å². The number of carbonyl (C=O) groups excluding carboxylic acids is 1. The molecule has 4 rings (SSSR count). The lowest BCUT2D eigenvalue weighted by atomic mass is 9.79. The van der Waals surface area contributed by atoms with E-state index in [0.717, 1.165) is 17.7 Å². The number of primary amides is 1. The topological polar surface area (TPSA) is 77.7 Å². The summed E-state index contributed by atoms with van der Waals surface area (Å²) < 4.78 is 51.0. The first-order valence-corrected chi connectivity index (χ1v) is 11.1. The van der Waals surface area contributed by atoms with Gasteiger partial charge in [-0.25, -0.2) is 0 Å². The lowest BCUT2D eigenvalue weighted by Crippen LogP contribution is -2.61. The molecule has 186 valence electrons. The average Bonchev–Trinajstić information content (AvgIpc) is 3.27. The average molecular weight is 500 g/mol. The molecule has 2 saturated heterocycles. The van der Waals surface area contributed by atoms with Crippen LogP contribution in [0.2, 0.25) is 0 Å². The second-order valence-corrected chi connectivity index (χ2v) is 8.83. The van der Waals surface area contributed by atoms with Crippen molar-refractivity contribution in [1.29, 1.82) is 0 Å². The number of likely N-dealkylation sites (tertiary alicyclic amines) is 1. The quantitative estimate of drug-likeness (QED) is 0.645. The van der Waals surface area contributed by atoms with Gasteiger partial charge in [-0.2, -0.15) is 13.2 Å². The molecule has 1 aromatic heterocycles. The lowest BCUT2D eigenvalue weighted by molar-refractivity contribution is -0.142. The monoisotopic (exact) mass is 499 g/mol. The van der Waals surface area contributed by atoms with E-state index in [2.05, 4.69) is 11.9 Å². The Hall–Kier alpha value is -2.36. The predicted molar refractivity (Wildman–Crippen MR) is 123 cm³/mol. The van der Waals surface area contributed by atoms with Crippen molar-refractivity contribution in [3.63, 3.8) is 0 Å². The highest BCUT2D eigenvalue weighted by Gasteiger charge is 2.50. The van der Waals surface area contributed by atoms with E-state index < -0.39 is 23.2 Å². The molecule has 0 bridgehead atoms. The molecule has 6 nitrogen and oxygen atoms in total. The van der Waals surface area contributed by atoms with Gasteiger partial charge < -0.3 is 15.2 Å². The van der Waals surface area contributed by atoms with Gasteiger partial charge in [-0.3, -0.25) is 14.7 Å². The first kappa shape index (κ1) is 26.2. The molecule has 1 aromatic carbocycles. The Morgan fingerprint density at radius 2 is 2.03 bits per heavy atom. The highest BCUT2D eigenvalue weighted by Crippen LogP contribution is 2.39. The van der Waals surface area contributed by atoms with Gasteiger partial charge in [0.25, 0.3) is 0 Å². The van der Waals surface area contributed by atoms with Gasteiger partial charge in [0.15, 0.2) is 0 Å². The maximum atomic E-state index is 13.0. The first-order chi connectivity index (χ1) is 15.7. The fraction of sp³-hybridized carbons (Fsp3) is 0.500. The van der Waals surface area contributed by atoms with Crippen molar-refractivity contribution in [2.24, 2.45) is 5.73 Å². The third-order valence-corrected chi connectivity index (χ3v) is 6.85. The van der Waals surface area contributed by atoms with E-state index in [-0.39, 0.29) is 36.3 Å². The Labute approximate surface area is 203 Å². The van der Waals surface area contributed by atoms with Crippen molar-refractivity contribution in [2.45, 2.75) is 56.0 Å². The largest absolute Gasteiger partial charge is 0.489 e. The van der Waals surface area contributed by atoms with E-state index in [9.17, 15) is 18.0 Å². The number of carbonyl (C=O) groups is 1. The molecule has 1 amide bonds. The van der Waals surface area contributed by atoms with Crippen molar-refractivity contribution in [1.82, 2.24) is 9.88 Å². The molecule has 34 heavy (non-hydrogen) atoms. The SMILES string of the molecule is C[C@@H](c1ccncc1)C1CC(C(N)=O)(N2CC[C@@H](Oc3cccc(C(F)(F)F)c3)C2)CCO1.Cl. The van der Waals surface area contributed by atoms with Crippen LogP contribution in [0.1, 0.15) is 43.2 Å². The Morgan fingerprint density at radius 3 is 2.71 bits per heavy atom. The molecule has 2 aliphatic rings. The minimum atomic E-state index is -4.43. The van der Waals surface area contributed by atoms with Gasteiger partial charge in [0.1, 0.15) is 17.4 Å². The minimum absolute atomic E-state index is 0. The van der Waals surface area contributed by atoms with Gasteiger partial charge >= 0.3 is 6.18 Å². The number of halogens is 4. The van der Waals surface area contributed by atoms with Crippen molar-refractivity contribution >= 4 is 18.3 Å². The smallest absolute Gasteiger partial charge is 0.416 e. The van der Waals surface area contributed by atoms with Crippen LogP contribution in [0.5, 0.6) is 5.75 Å². The zero-order chi connectivity index (χ0) is 23.6. The fourth-order valence-corrected chi connectivity index (χ4v) is 4.89. The van der Waals surface area contributed by atoms with Gasteiger partial charge in [-0.1, -0.05) is 13.0 Å². The molecule has 0 radical (unpaired) electrons. The van der Waals surface area contributed by atoms with Crippen LogP contribution in [-0.2, 0) is 15.7 Å². The van der Waals surface area contributed by atoms with Crippen LogP contribution < -0.4 is 10.5 Å². The number of nitrogens with zero attached hydrogens (tertiary/aromatic N) is 2. The summed E-state index contributed by atoms with van der Waals surface area (Å²) in [5.74, 6) is -0.190. The number of pyridine rings is 1. The van der Waals surface area contributed by atoms with Gasteiger partial charge in [-0.05, 0) is 48.7 Å². The van der Waals surface area contributed by atoms with E-state index in [0.29, 0.717) is 39.0 Å². The summed E-state index contributed by atoms with van der Waals surface area (Å²) in [5.41, 5.74) is 5.38. The molecule has 0 aliphatic carbocycles. The third-order valence-electron chi connectivity index (χ3n) is 6.85. The van der Waals surface area contributed by atoms with Gasteiger partial charge in [0.2, 0.25) is 5.91 Å². The normalized spacial score (nSPS) is 26.5. The molecule has 3 heterocycles. The molecular weight excluding hydrogens is 471 g/mol. The van der Waals surface area contributed by atoms with Gasteiger partial charge in [-0.15, -0.1) is 12.4 Å². The summed E-state index contributed by atoms with van der Waals surface area (Å²) in [7, 11) is 0. The maximum absolute atomic E-state index is 13.0. The summed E-state index contributed by atoms with van der Waals surface area (Å²) in [6.07, 6.45) is 0.00967. The standard InChI is InChI=1S/C24H28F3N3O3.ClH/c1-16(17-5-9-29-10-6-17)21-14-23(22(28)31,8-12-32-21)30-11-7-20(15-30)33-19-4-2-3-18(13-19)24(25,26)27;/h2-6,9-10,13,16,20-21H,7-8,11-12,14-15H2,1H3,(H2,28,31);1H/t16-,20+,21?,23?;/m0./s1. The number of nitrogens with two attached hydrogens (primary N) is 1. The van der Waals surface area contributed by atoms with Crippen LogP contribution in [0.3, 0.4) is 0 Å². The second-order valence-electron chi connectivity index (χ2n) is 8.83. The number of hydrogen-bond acceptors (Lipinski definition) is 5. The summed E-state index contributed by atoms with van der Waals surface area (Å²) in [4.78, 5) is 18.8. The Morgan fingerprint density at radius 1 is 1.29 bits per heavy atom. The summed E-state index contributed by atoms with van der Waals surface area (Å²) in [6.45, 7) is 3.44. The highest BCUT2D eigenvalue weighted by atomic mass is 35.5. The molecule has 2 aliphatic heterocycles. The summed E-state index contributed by atoms with van der Waals surface area (Å²) in [5, 5.41) is 0. The fourth-order valence-electron chi connectivity index (χ4n) is 4.89. The Balaban J connectivity index is 0.00000324. The van der Waals surface area contributed by atoms with Crippen LogP contribution in [0.4, 0.5) is 13.2 Å². The minimum Gasteiger partial charge on any atom is -0.489 e. The number of benzene rings is 1. The summed E-state index contributed by atoms with van der Waals surface area (Å²) >= 11 is 0. The van der Waals surface area contributed by atoms with Crippen molar-refractivity contribution < 1.29 is 27.4 Å². The van der Waals surface area contributed by atoms with Crippen LogP contribution >= 0.6 is 12.4 Å². The lowest BCUT2D eigenvalue weighted by Gasteiger charge is -2.46. The predicted octanol–water partition coefficient (Wildman–Crippen LogP) is 4.18. The zero-order valence-corrected chi connectivity index (χ0v) is 19.6.